The van der Waals surface area contributed by atoms with Crippen molar-refractivity contribution in [2.24, 2.45) is 4.99 Å². The molecule has 3 heterocycles. The standard InChI is InChI=1S/C16H14N4OS2/c1-10-12-9-13(14(21)18-16-17-7-8-22-16)23-15(12)20(19-10)11-5-3-2-4-6-11/h2-6,9H,7-8H2,1H3,(H,17,18,21). The first-order chi connectivity index (χ1) is 11.2. The molecule has 2 aromatic heterocycles. The van der Waals surface area contributed by atoms with Crippen molar-refractivity contribution in [2.45, 2.75) is 6.92 Å². The van der Waals surface area contributed by atoms with E-state index in [0.717, 1.165) is 33.9 Å². The second kappa shape index (κ2) is 5.82. The topological polar surface area (TPSA) is 59.3 Å². The Bertz CT molecular complexity index is 911. The van der Waals surface area contributed by atoms with Crippen LogP contribution in [0.2, 0.25) is 0 Å². The maximum absolute atomic E-state index is 12.4. The van der Waals surface area contributed by atoms with Gasteiger partial charge in [0.2, 0.25) is 0 Å². The number of fused-ring (bicyclic) bond motifs is 1. The molecule has 0 radical (unpaired) electrons. The van der Waals surface area contributed by atoms with Crippen molar-refractivity contribution in [3.05, 3.63) is 47.0 Å². The minimum absolute atomic E-state index is 0.0987. The van der Waals surface area contributed by atoms with Crippen LogP contribution in [-0.2, 0) is 0 Å². The summed E-state index contributed by atoms with van der Waals surface area (Å²) >= 11 is 3.04. The number of nitrogens with one attached hydrogen (secondary N) is 1. The number of para-hydroxylation sites is 1. The van der Waals surface area contributed by atoms with Crippen LogP contribution in [0, 0.1) is 6.92 Å². The van der Waals surface area contributed by atoms with Crippen LogP contribution in [0.5, 0.6) is 0 Å². The molecule has 7 heteroatoms. The number of amides is 1. The third kappa shape index (κ3) is 2.66. The number of hydrogen-bond acceptors (Lipinski definition) is 5. The zero-order valence-corrected chi connectivity index (χ0v) is 14.1. The van der Waals surface area contributed by atoms with Crippen LogP contribution in [0.3, 0.4) is 0 Å². The molecule has 23 heavy (non-hydrogen) atoms. The van der Waals surface area contributed by atoms with Crippen LogP contribution in [0.25, 0.3) is 15.9 Å². The number of nitrogens with zero attached hydrogens (tertiary/aromatic N) is 3. The molecular formula is C16H14N4OS2. The van der Waals surface area contributed by atoms with Crippen molar-refractivity contribution in [3.63, 3.8) is 0 Å². The van der Waals surface area contributed by atoms with E-state index in [-0.39, 0.29) is 5.91 Å². The molecular weight excluding hydrogens is 328 g/mol. The summed E-state index contributed by atoms with van der Waals surface area (Å²) in [6.45, 7) is 2.74. The van der Waals surface area contributed by atoms with Crippen molar-refractivity contribution in [1.29, 1.82) is 0 Å². The van der Waals surface area contributed by atoms with Crippen molar-refractivity contribution >= 4 is 44.4 Å². The molecule has 3 aromatic rings. The summed E-state index contributed by atoms with van der Waals surface area (Å²) in [4.78, 5) is 18.3. The number of thioether (sulfide) groups is 1. The fourth-order valence-electron chi connectivity index (χ4n) is 2.47. The van der Waals surface area contributed by atoms with Crippen LogP contribution in [0.4, 0.5) is 0 Å². The van der Waals surface area contributed by atoms with Gasteiger partial charge in [-0.05, 0) is 25.1 Å². The lowest BCUT2D eigenvalue weighted by molar-refractivity contribution is 0.0982. The lowest BCUT2D eigenvalue weighted by Gasteiger charge is -2.02. The summed E-state index contributed by atoms with van der Waals surface area (Å²) in [7, 11) is 0. The highest BCUT2D eigenvalue weighted by Gasteiger charge is 2.19. The van der Waals surface area contributed by atoms with Crippen molar-refractivity contribution in [2.75, 3.05) is 12.3 Å². The number of benzene rings is 1. The van der Waals surface area contributed by atoms with E-state index in [9.17, 15) is 4.79 Å². The molecule has 116 valence electrons. The van der Waals surface area contributed by atoms with Gasteiger partial charge in [0, 0.05) is 11.1 Å². The molecule has 5 nitrogen and oxygen atoms in total. The normalized spacial score (nSPS) is 14.2. The van der Waals surface area contributed by atoms with E-state index < -0.39 is 0 Å². The average molecular weight is 342 g/mol. The van der Waals surface area contributed by atoms with Gasteiger partial charge in [0.1, 0.15) is 4.83 Å². The van der Waals surface area contributed by atoms with Crippen LogP contribution in [-0.4, -0.2) is 33.2 Å². The summed E-state index contributed by atoms with van der Waals surface area (Å²) < 4.78 is 1.90. The zero-order chi connectivity index (χ0) is 15.8. The van der Waals surface area contributed by atoms with Crippen LogP contribution in [0.1, 0.15) is 15.4 Å². The van der Waals surface area contributed by atoms with E-state index >= 15 is 0 Å². The molecule has 0 atom stereocenters. The highest BCUT2D eigenvalue weighted by molar-refractivity contribution is 8.14. The predicted octanol–water partition coefficient (Wildman–Crippen LogP) is 3.23. The van der Waals surface area contributed by atoms with Gasteiger partial charge in [0.05, 0.1) is 22.8 Å². The van der Waals surface area contributed by atoms with E-state index in [1.165, 1.54) is 11.3 Å². The van der Waals surface area contributed by atoms with Gasteiger partial charge in [0.15, 0.2) is 5.17 Å². The van der Waals surface area contributed by atoms with Crippen LogP contribution < -0.4 is 5.32 Å². The fourth-order valence-corrected chi connectivity index (χ4v) is 4.27. The number of thiophene rings is 1. The molecule has 1 aliphatic rings. The molecule has 0 saturated heterocycles. The second-order valence-electron chi connectivity index (χ2n) is 5.15. The maximum Gasteiger partial charge on any atom is 0.267 e. The summed E-state index contributed by atoms with van der Waals surface area (Å²) in [5.41, 5.74) is 1.92. The third-order valence-corrected chi connectivity index (χ3v) is 5.58. The largest absolute Gasteiger partial charge is 0.301 e. The molecule has 0 aliphatic carbocycles. The summed E-state index contributed by atoms with van der Waals surface area (Å²) in [6.07, 6.45) is 0. The minimum Gasteiger partial charge on any atom is -0.301 e. The number of carbonyl (C=O) groups is 1. The molecule has 1 aromatic carbocycles. The van der Waals surface area contributed by atoms with E-state index in [0.29, 0.717) is 10.0 Å². The molecule has 4 rings (SSSR count). The Morgan fingerprint density at radius 3 is 2.87 bits per heavy atom. The number of amidine groups is 1. The molecule has 0 bridgehead atoms. The SMILES string of the molecule is Cc1nn(-c2ccccc2)c2sc(C(=O)NC3=NCCS3)cc12. The fraction of sp³-hybridized carbons (Fsp3) is 0.188. The number of aliphatic imine (C=N–C) groups is 1. The smallest absolute Gasteiger partial charge is 0.267 e. The van der Waals surface area contributed by atoms with Crippen LogP contribution >= 0.6 is 23.1 Å². The highest BCUT2D eigenvalue weighted by atomic mass is 32.2. The Morgan fingerprint density at radius 1 is 1.30 bits per heavy atom. The van der Waals surface area contributed by atoms with E-state index in [2.05, 4.69) is 15.4 Å². The van der Waals surface area contributed by atoms with Gasteiger partial charge in [-0.15, -0.1) is 11.3 Å². The lowest BCUT2D eigenvalue weighted by atomic mass is 10.3. The van der Waals surface area contributed by atoms with E-state index in [4.69, 9.17) is 0 Å². The van der Waals surface area contributed by atoms with E-state index in [1.807, 2.05) is 48.0 Å². The van der Waals surface area contributed by atoms with Crippen molar-refractivity contribution < 1.29 is 4.79 Å². The lowest BCUT2D eigenvalue weighted by Crippen LogP contribution is -2.26. The Labute approximate surface area is 141 Å². The van der Waals surface area contributed by atoms with Gasteiger partial charge in [-0.25, -0.2) is 4.68 Å². The summed E-state index contributed by atoms with van der Waals surface area (Å²) in [5, 5.41) is 9.21. The molecule has 1 amide bonds. The first kappa shape index (κ1) is 14.5. The minimum atomic E-state index is -0.0987. The van der Waals surface area contributed by atoms with Gasteiger partial charge < -0.3 is 5.32 Å². The first-order valence-corrected chi connectivity index (χ1v) is 9.06. The first-order valence-electron chi connectivity index (χ1n) is 7.25. The highest BCUT2D eigenvalue weighted by Crippen LogP contribution is 2.30. The Balaban J connectivity index is 1.72. The average Bonchev–Trinajstić information content (AvgIpc) is 3.27. The number of aryl methyl sites for hydroxylation is 1. The third-order valence-electron chi connectivity index (χ3n) is 3.58. The molecule has 1 N–H and O–H groups in total. The zero-order valence-electron chi connectivity index (χ0n) is 12.4. The van der Waals surface area contributed by atoms with Gasteiger partial charge in [-0.1, -0.05) is 30.0 Å². The predicted molar refractivity (Wildman–Crippen MR) is 95.9 cm³/mol. The monoisotopic (exact) mass is 342 g/mol. The Kier molecular flexibility index (Phi) is 3.66. The van der Waals surface area contributed by atoms with Crippen LogP contribution in [0.15, 0.2) is 41.4 Å². The van der Waals surface area contributed by atoms with Gasteiger partial charge in [0.25, 0.3) is 5.91 Å². The summed E-state index contributed by atoms with van der Waals surface area (Å²) in [6, 6.07) is 11.9. The number of carbonyl (C=O) groups excluding carboxylic acids is 1. The van der Waals surface area contributed by atoms with Crippen molar-refractivity contribution in [3.8, 4) is 5.69 Å². The Morgan fingerprint density at radius 2 is 2.13 bits per heavy atom. The quantitative estimate of drug-likeness (QED) is 0.778. The van der Waals surface area contributed by atoms with Gasteiger partial charge >= 0.3 is 0 Å². The van der Waals surface area contributed by atoms with Gasteiger partial charge in [-0.2, -0.15) is 5.10 Å². The molecule has 0 spiro atoms. The second-order valence-corrected chi connectivity index (χ2v) is 7.27. The number of rotatable bonds is 2. The molecule has 0 saturated carbocycles. The number of aromatic nitrogens is 2. The number of hydrogen-bond donors (Lipinski definition) is 1. The maximum atomic E-state index is 12.4. The Hall–Kier alpha value is -2.12. The molecule has 1 aliphatic heterocycles. The summed E-state index contributed by atoms with van der Waals surface area (Å²) in [5.74, 6) is 0.836. The molecule has 0 unspecified atom stereocenters. The van der Waals surface area contributed by atoms with Gasteiger partial charge in [-0.3, -0.25) is 9.79 Å². The molecule has 0 fully saturated rings. The van der Waals surface area contributed by atoms with E-state index in [1.54, 1.807) is 11.8 Å². The van der Waals surface area contributed by atoms with Crippen molar-refractivity contribution in [1.82, 2.24) is 15.1 Å².